The Labute approximate surface area is 220 Å². The lowest BCUT2D eigenvalue weighted by Gasteiger charge is -2.26. The van der Waals surface area contributed by atoms with E-state index in [1.54, 1.807) is 38.6 Å². The fourth-order valence-corrected chi connectivity index (χ4v) is 3.89. The smallest absolute Gasteiger partial charge is 0.419 e. The molecule has 0 aliphatic carbocycles. The molecule has 0 unspecified atom stereocenters. The Morgan fingerprint density at radius 3 is 2.66 bits per heavy atom. The van der Waals surface area contributed by atoms with Gasteiger partial charge in [0.25, 0.3) is 0 Å². The topological polar surface area (TPSA) is 118 Å². The second-order valence-electron chi connectivity index (χ2n) is 8.99. The maximum atomic E-state index is 12.2. The average molecular weight is 518 g/mol. The van der Waals surface area contributed by atoms with Crippen LogP contribution in [0.2, 0.25) is 0 Å². The number of hydrogen-bond donors (Lipinski definition) is 2. The normalized spacial score (nSPS) is 11.0. The molecular formula is C27H31N7O4. The van der Waals surface area contributed by atoms with Crippen LogP contribution in [0, 0.1) is 0 Å². The van der Waals surface area contributed by atoms with Crippen LogP contribution in [-0.4, -0.2) is 66.7 Å². The van der Waals surface area contributed by atoms with Gasteiger partial charge in [-0.1, -0.05) is 6.58 Å². The van der Waals surface area contributed by atoms with E-state index < -0.39 is 5.76 Å². The molecule has 198 valence electrons. The van der Waals surface area contributed by atoms with Gasteiger partial charge in [0, 0.05) is 45.0 Å². The summed E-state index contributed by atoms with van der Waals surface area (Å²) in [7, 11) is 9.19. The highest BCUT2D eigenvalue weighted by atomic mass is 16.5. The number of aryl methyl sites for hydroxylation is 1. The van der Waals surface area contributed by atoms with E-state index in [2.05, 4.69) is 32.1 Å². The second kappa shape index (κ2) is 11.2. The summed E-state index contributed by atoms with van der Waals surface area (Å²) in [6.45, 7) is 5.12. The van der Waals surface area contributed by atoms with E-state index in [9.17, 15) is 9.59 Å². The van der Waals surface area contributed by atoms with Gasteiger partial charge in [-0.15, -0.1) is 0 Å². The van der Waals surface area contributed by atoms with Crippen molar-refractivity contribution in [3.05, 3.63) is 65.8 Å². The van der Waals surface area contributed by atoms with Gasteiger partial charge >= 0.3 is 5.76 Å². The van der Waals surface area contributed by atoms with Gasteiger partial charge in [0.05, 0.1) is 35.4 Å². The van der Waals surface area contributed by atoms with Crippen molar-refractivity contribution in [1.82, 2.24) is 19.4 Å². The number of fused-ring (bicyclic) bond motifs is 1. The zero-order chi connectivity index (χ0) is 27.4. The molecule has 0 atom stereocenters. The number of methoxy groups -OCH3 is 1. The summed E-state index contributed by atoms with van der Waals surface area (Å²) in [5.74, 6) is 0.129. The first-order valence-electron chi connectivity index (χ1n) is 11.9. The second-order valence-corrected chi connectivity index (χ2v) is 8.99. The zero-order valence-electron chi connectivity index (χ0n) is 22.1. The third-order valence-electron chi connectivity index (χ3n) is 6.04. The lowest BCUT2D eigenvalue weighted by Crippen LogP contribution is -2.29. The van der Waals surface area contributed by atoms with E-state index in [-0.39, 0.29) is 5.91 Å². The number of aromatic nitrogens is 3. The Kier molecular flexibility index (Phi) is 7.77. The SMILES string of the molecule is C=CC(=O)Nc1cc(Nc2nccc(-c3ccc4oc(=O)n(C)c4c3)n2)c(OC)cc1N(C)CCN(C)C. The molecule has 0 radical (unpaired) electrons. The van der Waals surface area contributed by atoms with Crippen LogP contribution >= 0.6 is 0 Å². The van der Waals surface area contributed by atoms with E-state index in [1.807, 2.05) is 44.2 Å². The van der Waals surface area contributed by atoms with Crippen molar-refractivity contribution in [2.75, 3.05) is 56.9 Å². The molecule has 1 amide bonds. The predicted octanol–water partition coefficient (Wildman–Crippen LogP) is 3.46. The van der Waals surface area contributed by atoms with Crippen LogP contribution in [0.25, 0.3) is 22.4 Å². The number of carbonyl (C=O) groups excluding carboxylic acids is 1. The number of likely N-dealkylation sites (N-methyl/N-ethyl adjacent to an activating group) is 2. The van der Waals surface area contributed by atoms with Crippen molar-refractivity contribution in [2.45, 2.75) is 0 Å². The predicted molar refractivity (Wildman–Crippen MR) is 149 cm³/mol. The first-order chi connectivity index (χ1) is 18.2. The number of nitrogens with one attached hydrogen (secondary N) is 2. The minimum Gasteiger partial charge on any atom is -0.494 e. The Morgan fingerprint density at radius 2 is 1.95 bits per heavy atom. The number of nitrogens with zero attached hydrogens (tertiary/aromatic N) is 5. The van der Waals surface area contributed by atoms with Crippen LogP contribution in [0.3, 0.4) is 0 Å². The molecule has 2 aromatic heterocycles. The van der Waals surface area contributed by atoms with Gasteiger partial charge < -0.3 is 29.6 Å². The van der Waals surface area contributed by atoms with E-state index in [0.717, 1.165) is 24.3 Å². The minimum atomic E-state index is -0.426. The van der Waals surface area contributed by atoms with Gasteiger partial charge in [-0.2, -0.15) is 0 Å². The summed E-state index contributed by atoms with van der Waals surface area (Å²) in [5, 5.41) is 6.09. The van der Waals surface area contributed by atoms with Crippen molar-refractivity contribution in [2.24, 2.45) is 7.05 Å². The number of hydrogen-bond acceptors (Lipinski definition) is 9. The highest BCUT2D eigenvalue weighted by molar-refractivity contribution is 6.02. The molecule has 4 rings (SSSR count). The summed E-state index contributed by atoms with van der Waals surface area (Å²) in [6.07, 6.45) is 2.86. The van der Waals surface area contributed by atoms with E-state index in [4.69, 9.17) is 9.15 Å². The summed E-state index contributed by atoms with van der Waals surface area (Å²) in [6, 6.07) is 10.8. The van der Waals surface area contributed by atoms with E-state index in [1.165, 1.54) is 10.6 Å². The number of anilines is 4. The molecule has 0 saturated heterocycles. The fourth-order valence-electron chi connectivity index (χ4n) is 3.89. The van der Waals surface area contributed by atoms with Crippen LogP contribution in [0.1, 0.15) is 0 Å². The fraction of sp³-hybridized carbons (Fsp3) is 0.259. The quantitative estimate of drug-likeness (QED) is 0.305. The largest absolute Gasteiger partial charge is 0.494 e. The average Bonchev–Trinajstić information content (AvgIpc) is 3.19. The number of carbonyl (C=O) groups is 1. The highest BCUT2D eigenvalue weighted by Crippen LogP contribution is 2.38. The summed E-state index contributed by atoms with van der Waals surface area (Å²) >= 11 is 0. The zero-order valence-corrected chi connectivity index (χ0v) is 22.1. The number of benzene rings is 2. The van der Waals surface area contributed by atoms with Gasteiger partial charge in [0.1, 0.15) is 5.75 Å². The lowest BCUT2D eigenvalue weighted by atomic mass is 10.1. The standard InChI is InChI=1S/C27H31N7O4/c1-7-25(35)29-19-15-20(24(37-6)16-21(19)33(4)13-12-32(2)3)31-26-28-11-10-18(30-26)17-8-9-23-22(14-17)34(5)27(36)38-23/h7-11,14-16H,1,12-13H2,2-6H3,(H,29,35)(H,28,30,31). The first-order valence-corrected chi connectivity index (χ1v) is 11.9. The van der Waals surface area contributed by atoms with Gasteiger partial charge in [-0.25, -0.2) is 14.8 Å². The third kappa shape index (κ3) is 5.68. The van der Waals surface area contributed by atoms with Crippen molar-refractivity contribution >= 4 is 40.0 Å². The van der Waals surface area contributed by atoms with Crippen molar-refractivity contribution in [1.29, 1.82) is 0 Å². The summed E-state index contributed by atoms with van der Waals surface area (Å²) in [4.78, 5) is 37.2. The molecule has 0 saturated carbocycles. The van der Waals surface area contributed by atoms with E-state index >= 15 is 0 Å². The number of ether oxygens (including phenoxy) is 1. The minimum absolute atomic E-state index is 0.328. The first kappa shape index (κ1) is 26.4. The highest BCUT2D eigenvalue weighted by Gasteiger charge is 2.17. The molecule has 0 fully saturated rings. The molecule has 0 bridgehead atoms. The maximum absolute atomic E-state index is 12.2. The van der Waals surface area contributed by atoms with Gasteiger partial charge in [-0.05, 0) is 50.5 Å². The molecule has 0 aliphatic rings. The number of rotatable bonds is 10. The monoisotopic (exact) mass is 517 g/mol. The Balaban J connectivity index is 1.69. The molecular weight excluding hydrogens is 486 g/mol. The van der Waals surface area contributed by atoms with Gasteiger partial charge in [0.15, 0.2) is 5.58 Å². The Morgan fingerprint density at radius 1 is 1.16 bits per heavy atom. The van der Waals surface area contributed by atoms with Crippen molar-refractivity contribution in [3.63, 3.8) is 0 Å². The molecule has 0 spiro atoms. The molecule has 38 heavy (non-hydrogen) atoms. The summed E-state index contributed by atoms with van der Waals surface area (Å²) in [5.41, 5.74) is 4.56. The van der Waals surface area contributed by atoms with Crippen molar-refractivity contribution < 1.29 is 13.9 Å². The lowest BCUT2D eigenvalue weighted by molar-refractivity contribution is -0.111. The molecule has 2 aromatic carbocycles. The van der Waals surface area contributed by atoms with Crippen LogP contribution in [-0.2, 0) is 11.8 Å². The van der Waals surface area contributed by atoms with Gasteiger partial charge in [-0.3, -0.25) is 9.36 Å². The van der Waals surface area contributed by atoms with Crippen LogP contribution < -0.4 is 26.0 Å². The van der Waals surface area contributed by atoms with Gasteiger partial charge in [0.2, 0.25) is 11.9 Å². The maximum Gasteiger partial charge on any atom is 0.419 e. The molecule has 2 heterocycles. The molecule has 11 nitrogen and oxygen atoms in total. The molecule has 0 aliphatic heterocycles. The summed E-state index contributed by atoms with van der Waals surface area (Å²) < 4.78 is 12.3. The Bertz CT molecular complexity index is 1540. The van der Waals surface area contributed by atoms with E-state index in [0.29, 0.717) is 39.9 Å². The molecule has 2 N–H and O–H groups in total. The van der Waals surface area contributed by atoms with Crippen molar-refractivity contribution in [3.8, 4) is 17.0 Å². The third-order valence-corrected chi connectivity index (χ3v) is 6.04. The molecule has 11 heteroatoms. The number of amides is 1. The number of oxazole rings is 1. The van der Waals surface area contributed by atoms with Crippen LogP contribution in [0.5, 0.6) is 5.75 Å². The molecule has 4 aromatic rings. The van der Waals surface area contributed by atoms with Crippen LogP contribution in [0.4, 0.5) is 23.0 Å². The Hall–Kier alpha value is -4.64. The van der Waals surface area contributed by atoms with Crippen LogP contribution in [0.15, 0.2) is 64.5 Å².